The first-order valence-electron chi connectivity index (χ1n) is 1.41. The van der Waals surface area contributed by atoms with Gasteiger partial charge in [0.2, 0.25) is 0 Å². The Kier molecular flexibility index (Phi) is 24.3. The van der Waals surface area contributed by atoms with Crippen molar-refractivity contribution in [2.45, 2.75) is 20.0 Å². The van der Waals surface area contributed by atoms with E-state index in [2.05, 4.69) is 0 Å². The molecule has 1 radical (unpaired) electrons. The number of aliphatic hydroxyl groups is 1. The molecule has 0 rings (SSSR count). The molecule has 0 aliphatic rings. The van der Waals surface area contributed by atoms with Crippen LogP contribution >= 0.6 is 0 Å². The summed E-state index contributed by atoms with van der Waals surface area (Å²) in [5, 5.41) is 8.06. The summed E-state index contributed by atoms with van der Waals surface area (Å²) in [5.74, 6) is 0. The van der Waals surface area contributed by atoms with E-state index >= 15 is 0 Å². The molecule has 0 aromatic heterocycles. The Morgan fingerprint density at radius 1 is 1.33 bits per heavy atom. The second-order valence-electron chi connectivity index (χ2n) is 1.09. The molecule has 0 aliphatic heterocycles. The third-order valence-corrected chi connectivity index (χ3v) is 0. The quantitative estimate of drug-likeness (QED) is 0.477. The van der Waals surface area contributed by atoms with Gasteiger partial charge in [-0.1, -0.05) is 0 Å². The molecule has 0 aromatic rings. The van der Waals surface area contributed by atoms with Crippen LogP contribution in [0.3, 0.4) is 0 Å². The fraction of sp³-hybridized carbons (Fsp3) is 0.750. The molecule has 0 fully saturated rings. The first-order valence-corrected chi connectivity index (χ1v) is 1.41. The standard InChI is InChI=1S/C3H8O.CH3.V/c1-3(2)4;;/h3-4H,1-2H3;1H3;/q;-1;. The third-order valence-electron chi connectivity index (χ3n) is 0. The Morgan fingerprint density at radius 2 is 1.33 bits per heavy atom. The van der Waals surface area contributed by atoms with Crippen LogP contribution in [0.2, 0.25) is 0 Å². The molecule has 0 amide bonds. The largest absolute Gasteiger partial charge is 0.394 e. The van der Waals surface area contributed by atoms with Crippen molar-refractivity contribution in [1.29, 1.82) is 0 Å². The maximum Gasteiger partial charge on any atom is 0.0483 e. The molecular formula is C4H11OV-. The zero-order valence-electron chi connectivity index (χ0n) is 4.47. The minimum Gasteiger partial charge on any atom is -0.394 e. The molecule has 0 spiro atoms. The van der Waals surface area contributed by atoms with Crippen molar-refractivity contribution in [3.8, 4) is 0 Å². The maximum absolute atomic E-state index is 8.06. The van der Waals surface area contributed by atoms with Crippen molar-refractivity contribution < 1.29 is 23.7 Å². The third kappa shape index (κ3) is 193. The van der Waals surface area contributed by atoms with E-state index in [1.54, 1.807) is 13.8 Å². The number of hydrogen-bond donors (Lipinski definition) is 1. The summed E-state index contributed by atoms with van der Waals surface area (Å²) in [7, 11) is 0. The van der Waals surface area contributed by atoms with Crippen molar-refractivity contribution in [3.05, 3.63) is 7.43 Å². The van der Waals surface area contributed by atoms with Gasteiger partial charge in [0.25, 0.3) is 0 Å². The Morgan fingerprint density at radius 3 is 1.33 bits per heavy atom. The molecular weight excluding hydrogens is 115 g/mol. The van der Waals surface area contributed by atoms with Gasteiger partial charge < -0.3 is 12.5 Å². The normalized spacial score (nSPS) is 6.00. The van der Waals surface area contributed by atoms with Crippen molar-refractivity contribution in [2.24, 2.45) is 0 Å². The van der Waals surface area contributed by atoms with Gasteiger partial charge in [0.05, 0.1) is 0 Å². The molecule has 1 N–H and O–H groups in total. The summed E-state index contributed by atoms with van der Waals surface area (Å²) >= 11 is 0. The van der Waals surface area contributed by atoms with Crippen LogP contribution in [0.15, 0.2) is 0 Å². The smallest absolute Gasteiger partial charge is 0.0483 e. The fourth-order valence-electron chi connectivity index (χ4n) is 0. The van der Waals surface area contributed by atoms with Crippen LogP contribution in [0.1, 0.15) is 13.8 Å². The minimum absolute atomic E-state index is 0. The van der Waals surface area contributed by atoms with E-state index in [0.29, 0.717) is 0 Å². The Hall–Kier alpha value is 0.544. The Bertz CT molecular complexity index is 12.3. The van der Waals surface area contributed by atoms with Gasteiger partial charge in [-0.3, -0.25) is 0 Å². The molecule has 0 saturated carbocycles. The van der Waals surface area contributed by atoms with Gasteiger partial charge in [-0.25, -0.2) is 0 Å². The van der Waals surface area contributed by atoms with Crippen LogP contribution in [0, 0.1) is 7.43 Å². The average Bonchev–Trinajstić information content (AvgIpc) is 0.811. The van der Waals surface area contributed by atoms with E-state index in [4.69, 9.17) is 5.11 Å². The first kappa shape index (κ1) is 16.0. The van der Waals surface area contributed by atoms with Crippen molar-refractivity contribution >= 4 is 0 Å². The number of rotatable bonds is 0. The molecule has 0 atom stereocenters. The summed E-state index contributed by atoms with van der Waals surface area (Å²) in [6.07, 6.45) is -0.167. The molecule has 1 nitrogen and oxygen atoms in total. The minimum atomic E-state index is -0.167. The summed E-state index contributed by atoms with van der Waals surface area (Å²) in [6, 6.07) is 0. The predicted octanol–water partition coefficient (Wildman–Crippen LogP) is 0.835. The second kappa shape index (κ2) is 9.11. The number of aliphatic hydroxyl groups excluding tert-OH is 1. The average molecular weight is 126 g/mol. The fourth-order valence-corrected chi connectivity index (χ4v) is 0. The van der Waals surface area contributed by atoms with E-state index < -0.39 is 0 Å². The van der Waals surface area contributed by atoms with Crippen molar-refractivity contribution in [2.75, 3.05) is 0 Å². The van der Waals surface area contributed by atoms with Crippen LogP contribution in [-0.4, -0.2) is 11.2 Å². The second-order valence-corrected chi connectivity index (χ2v) is 1.09. The molecule has 2 heteroatoms. The topological polar surface area (TPSA) is 20.2 Å². The SMILES string of the molecule is CC(C)O.[CH3-].[V]. The van der Waals surface area contributed by atoms with Gasteiger partial charge in [0, 0.05) is 24.7 Å². The summed E-state index contributed by atoms with van der Waals surface area (Å²) < 4.78 is 0. The molecule has 0 heterocycles. The monoisotopic (exact) mass is 126 g/mol. The van der Waals surface area contributed by atoms with E-state index in [0.717, 1.165) is 0 Å². The zero-order chi connectivity index (χ0) is 3.58. The zero-order valence-corrected chi connectivity index (χ0v) is 5.87. The van der Waals surface area contributed by atoms with E-state index in [9.17, 15) is 0 Å². The summed E-state index contributed by atoms with van der Waals surface area (Å²) in [4.78, 5) is 0. The van der Waals surface area contributed by atoms with Crippen LogP contribution in [0.4, 0.5) is 0 Å². The molecule has 0 aliphatic carbocycles. The summed E-state index contributed by atoms with van der Waals surface area (Å²) in [6.45, 7) is 3.44. The maximum atomic E-state index is 8.06. The van der Waals surface area contributed by atoms with Crippen LogP contribution in [0.25, 0.3) is 0 Å². The Balaban J connectivity index is -0.0000000450. The molecule has 0 aromatic carbocycles. The number of hydrogen-bond acceptors (Lipinski definition) is 1. The van der Waals surface area contributed by atoms with Crippen LogP contribution < -0.4 is 0 Å². The van der Waals surface area contributed by atoms with Crippen LogP contribution in [-0.2, 0) is 18.6 Å². The molecule has 0 bridgehead atoms. The van der Waals surface area contributed by atoms with Gasteiger partial charge in [-0.2, -0.15) is 0 Å². The first-order chi connectivity index (χ1) is 1.73. The van der Waals surface area contributed by atoms with Gasteiger partial charge >= 0.3 is 0 Å². The Labute approximate surface area is 51.6 Å². The molecule has 0 saturated heterocycles. The van der Waals surface area contributed by atoms with E-state index in [1.165, 1.54) is 0 Å². The van der Waals surface area contributed by atoms with Gasteiger partial charge in [-0.15, -0.1) is 0 Å². The van der Waals surface area contributed by atoms with E-state index in [1.807, 2.05) is 0 Å². The predicted molar refractivity (Wildman–Crippen MR) is 23.8 cm³/mol. The summed E-state index contributed by atoms with van der Waals surface area (Å²) in [5.41, 5.74) is 0. The van der Waals surface area contributed by atoms with Crippen molar-refractivity contribution in [3.63, 3.8) is 0 Å². The van der Waals surface area contributed by atoms with Gasteiger partial charge in [0.1, 0.15) is 0 Å². The van der Waals surface area contributed by atoms with E-state index in [-0.39, 0.29) is 32.1 Å². The molecule has 0 unspecified atom stereocenters. The molecule has 6 heavy (non-hydrogen) atoms. The van der Waals surface area contributed by atoms with Gasteiger partial charge in [-0.05, 0) is 13.8 Å². The van der Waals surface area contributed by atoms with Crippen molar-refractivity contribution in [1.82, 2.24) is 0 Å². The molecule has 39 valence electrons. The van der Waals surface area contributed by atoms with Crippen LogP contribution in [0.5, 0.6) is 0 Å². The van der Waals surface area contributed by atoms with Gasteiger partial charge in [0.15, 0.2) is 0 Å².